The van der Waals surface area contributed by atoms with Crippen molar-refractivity contribution in [2.45, 2.75) is 6.54 Å². The molecule has 1 aromatic heterocycles. The summed E-state index contributed by atoms with van der Waals surface area (Å²) in [6.45, 7) is 0.371. The third kappa shape index (κ3) is 4.98. The number of benzene rings is 2. The second kappa shape index (κ2) is 9.32. The number of carbonyl (C=O) groups is 1. The predicted molar refractivity (Wildman–Crippen MR) is 109 cm³/mol. The number of nitrogens with one attached hydrogen (secondary N) is 1. The molecule has 0 spiro atoms. The highest BCUT2D eigenvalue weighted by molar-refractivity contribution is 5.93. The van der Waals surface area contributed by atoms with E-state index in [1.165, 1.54) is 25.5 Å². The molecular formula is C20H19N5O5. The summed E-state index contributed by atoms with van der Waals surface area (Å²) in [5.41, 5.74) is 4.08. The average molecular weight is 409 g/mol. The lowest BCUT2D eigenvalue weighted by Gasteiger charge is -2.06. The maximum atomic E-state index is 12.3. The first-order valence-electron chi connectivity index (χ1n) is 8.82. The van der Waals surface area contributed by atoms with Crippen LogP contribution in [0.5, 0.6) is 11.5 Å². The average Bonchev–Trinajstić information content (AvgIpc) is 3.22. The van der Waals surface area contributed by atoms with Gasteiger partial charge in [0.1, 0.15) is 11.5 Å². The van der Waals surface area contributed by atoms with Gasteiger partial charge in [0.2, 0.25) is 0 Å². The predicted octanol–water partition coefficient (Wildman–Crippen LogP) is 2.62. The zero-order chi connectivity index (χ0) is 21.5. The van der Waals surface area contributed by atoms with Crippen molar-refractivity contribution in [3.63, 3.8) is 0 Å². The van der Waals surface area contributed by atoms with Crippen molar-refractivity contribution >= 4 is 17.8 Å². The van der Waals surface area contributed by atoms with E-state index in [0.717, 1.165) is 5.56 Å². The van der Waals surface area contributed by atoms with Crippen LogP contribution in [0.15, 0.2) is 59.8 Å². The molecule has 10 heteroatoms. The van der Waals surface area contributed by atoms with Crippen LogP contribution in [-0.2, 0) is 6.54 Å². The van der Waals surface area contributed by atoms with Gasteiger partial charge in [0.25, 0.3) is 11.6 Å². The normalized spacial score (nSPS) is 10.7. The number of aromatic nitrogens is 2. The molecule has 30 heavy (non-hydrogen) atoms. The number of rotatable bonds is 8. The van der Waals surface area contributed by atoms with Gasteiger partial charge in [-0.15, -0.1) is 0 Å². The van der Waals surface area contributed by atoms with Crippen LogP contribution in [0.3, 0.4) is 0 Å². The molecule has 0 aliphatic carbocycles. The highest BCUT2D eigenvalue weighted by Crippen LogP contribution is 2.22. The number of ether oxygens (including phenoxy) is 2. The summed E-state index contributed by atoms with van der Waals surface area (Å²) in [6.07, 6.45) is 3.10. The van der Waals surface area contributed by atoms with Crippen molar-refractivity contribution in [1.29, 1.82) is 0 Å². The number of nitrogens with zero attached hydrogens (tertiary/aromatic N) is 4. The van der Waals surface area contributed by atoms with Crippen LogP contribution >= 0.6 is 0 Å². The third-order valence-electron chi connectivity index (χ3n) is 4.17. The van der Waals surface area contributed by atoms with Gasteiger partial charge >= 0.3 is 0 Å². The summed E-state index contributed by atoms with van der Waals surface area (Å²) in [7, 11) is 3.09. The van der Waals surface area contributed by atoms with E-state index in [-0.39, 0.29) is 11.4 Å². The molecule has 0 aliphatic rings. The Balaban J connectivity index is 1.62. The van der Waals surface area contributed by atoms with Crippen LogP contribution in [-0.4, -0.2) is 41.0 Å². The SMILES string of the molecule is COc1ccc(OC)c(/C=N\NC(=O)c2ccn(Cc3ccc([N+](=O)[O-])cc3)n2)c1. The third-order valence-corrected chi connectivity index (χ3v) is 4.17. The minimum atomic E-state index is -0.476. The molecular weight excluding hydrogens is 390 g/mol. The lowest BCUT2D eigenvalue weighted by Crippen LogP contribution is -2.18. The van der Waals surface area contributed by atoms with Crippen LogP contribution in [0.1, 0.15) is 21.6 Å². The zero-order valence-corrected chi connectivity index (χ0v) is 16.3. The van der Waals surface area contributed by atoms with E-state index in [2.05, 4.69) is 15.6 Å². The van der Waals surface area contributed by atoms with Crippen LogP contribution in [0.2, 0.25) is 0 Å². The fourth-order valence-corrected chi connectivity index (χ4v) is 2.64. The number of nitro groups is 1. The molecule has 0 aliphatic heterocycles. The summed E-state index contributed by atoms with van der Waals surface area (Å²) in [5, 5.41) is 18.9. The first-order chi connectivity index (χ1) is 14.5. The Morgan fingerprint density at radius 1 is 1.20 bits per heavy atom. The van der Waals surface area contributed by atoms with E-state index in [4.69, 9.17) is 9.47 Å². The van der Waals surface area contributed by atoms with Gasteiger partial charge in [-0.3, -0.25) is 19.6 Å². The topological polar surface area (TPSA) is 121 Å². The Kier molecular flexibility index (Phi) is 6.38. The number of amides is 1. The van der Waals surface area contributed by atoms with Gasteiger partial charge in [0.15, 0.2) is 5.69 Å². The first-order valence-corrected chi connectivity index (χ1v) is 8.82. The number of nitro benzene ring substituents is 1. The molecule has 1 amide bonds. The molecule has 1 heterocycles. The second-order valence-corrected chi connectivity index (χ2v) is 6.13. The van der Waals surface area contributed by atoms with E-state index < -0.39 is 10.8 Å². The zero-order valence-electron chi connectivity index (χ0n) is 16.3. The minimum absolute atomic E-state index is 0.0183. The molecule has 3 rings (SSSR count). The van der Waals surface area contributed by atoms with Crippen molar-refractivity contribution in [2.24, 2.45) is 5.10 Å². The largest absolute Gasteiger partial charge is 0.497 e. The van der Waals surface area contributed by atoms with Gasteiger partial charge < -0.3 is 9.47 Å². The monoisotopic (exact) mass is 409 g/mol. The molecule has 1 N–H and O–H groups in total. The Morgan fingerprint density at radius 3 is 2.63 bits per heavy atom. The van der Waals surface area contributed by atoms with Gasteiger partial charge in [0.05, 0.1) is 31.9 Å². The highest BCUT2D eigenvalue weighted by atomic mass is 16.6. The Morgan fingerprint density at radius 2 is 1.97 bits per heavy atom. The van der Waals surface area contributed by atoms with E-state index in [1.54, 1.807) is 54.4 Å². The van der Waals surface area contributed by atoms with Crippen LogP contribution in [0.25, 0.3) is 0 Å². The van der Waals surface area contributed by atoms with Gasteiger partial charge in [0, 0.05) is 23.9 Å². The Bertz CT molecular complexity index is 1080. The number of non-ortho nitro benzene ring substituents is 1. The van der Waals surface area contributed by atoms with Crippen molar-refractivity contribution in [2.75, 3.05) is 14.2 Å². The number of methoxy groups -OCH3 is 2. The van der Waals surface area contributed by atoms with E-state index in [0.29, 0.717) is 23.6 Å². The molecule has 2 aromatic carbocycles. The maximum Gasteiger partial charge on any atom is 0.291 e. The summed E-state index contributed by atoms with van der Waals surface area (Å²) < 4.78 is 12.0. The number of hydrazone groups is 1. The fraction of sp³-hybridized carbons (Fsp3) is 0.150. The molecule has 154 valence electrons. The lowest BCUT2D eigenvalue weighted by molar-refractivity contribution is -0.384. The molecule has 0 atom stereocenters. The number of carbonyl (C=O) groups excluding carboxylic acids is 1. The van der Waals surface area contributed by atoms with Crippen LogP contribution < -0.4 is 14.9 Å². The summed E-state index contributed by atoms with van der Waals surface area (Å²) in [4.78, 5) is 22.5. The van der Waals surface area contributed by atoms with Gasteiger partial charge in [-0.1, -0.05) is 12.1 Å². The van der Waals surface area contributed by atoms with Crippen molar-refractivity contribution in [3.8, 4) is 11.5 Å². The standard InChI is InChI=1S/C20H19N5O5/c1-29-17-7-8-19(30-2)15(11-17)12-21-22-20(26)18-9-10-24(23-18)13-14-3-5-16(6-4-14)25(27)28/h3-12H,13H2,1-2H3,(H,22,26)/b21-12-. The second-order valence-electron chi connectivity index (χ2n) is 6.13. The highest BCUT2D eigenvalue weighted by Gasteiger charge is 2.10. The lowest BCUT2D eigenvalue weighted by atomic mass is 10.2. The number of hydrogen-bond acceptors (Lipinski definition) is 7. The quantitative estimate of drug-likeness (QED) is 0.347. The molecule has 3 aromatic rings. The van der Waals surface area contributed by atoms with E-state index >= 15 is 0 Å². The molecule has 0 saturated heterocycles. The van der Waals surface area contributed by atoms with Gasteiger partial charge in [-0.05, 0) is 29.8 Å². The fourth-order valence-electron chi connectivity index (χ4n) is 2.64. The molecule has 0 unspecified atom stereocenters. The Hall–Kier alpha value is -4.21. The molecule has 0 radical (unpaired) electrons. The molecule has 0 bridgehead atoms. The molecule has 0 fully saturated rings. The van der Waals surface area contributed by atoms with E-state index in [9.17, 15) is 14.9 Å². The Labute approximate surface area is 171 Å². The summed E-state index contributed by atoms with van der Waals surface area (Å²) >= 11 is 0. The van der Waals surface area contributed by atoms with Crippen LogP contribution in [0, 0.1) is 10.1 Å². The van der Waals surface area contributed by atoms with Crippen molar-refractivity contribution in [1.82, 2.24) is 15.2 Å². The molecule has 10 nitrogen and oxygen atoms in total. The van der Waals surface area contributed by atoms with Gasteiger partial charge in [-0.25, -0.2) is 5.43 Å². The maximum absolute atomic E-state index is 12.3. The summed E-state index contributed by atoms with van der Waals surface area (Å²) in [5.74, 6) is 0.741. The smallest absolute Gasteiger partial charge is 0.291 e. The first kappa shape index (κ1) is 20.5. The van der Waals surface area contributed by atoms with Crippen LogP contribution in [0.4, 0.5) is 5.69 Å². The molecule has 0 saturated carbocycles. The van der Waals surface area contributed by atoms with Crippen molar-refractivity contribution in [3.05, 3.63) is 81.7 Å². The summed E-state index contributed by atoms with van der Waals surface area (Å²) in [6, 6.07) is 12.9. The van der Waals surface area contributed by atoms with Crippen molar-refractivity contribution < 1.29 is 19.2 Å². The van der Waals surface area contributed by atoms with E-state index in [1.807, 2.05) is 0 Å². The van der Waals surface area contributed by atoms with Gasteiger partial charge in [-0.2, -0.15) is 10.2 Å². The number of hydrogen-bond donors (Lipinski definition) is 1. The minimum Gasteiger partial charge on any atom is -0.497 e.